The van der Waals surface area contributed by atoms with Crippen LogP contribution in [0.5, 0.6) is 0 Å². The molecule has 0 bridgehead atoms. The number of aromatic nitrogens is 2. The van der Waals surface area contributed by atoms with Crippen LogP contribution in [0.25, 0.3) is 0 Å². The minimum absolute atomic E-state index is 0.214. The molecule has 0 spiro atoms. The second kappa shape index (κ2) is 5.01. The summed E-state index contributed by atoms with van der Waals surface area (Å²) in [6.07, 6.45) is 0. The number of nitrogens with one attached hydrogen (secondary N) is 1. The lowest BCUT2D eigenvalue weighted by Crippen LogP contribution is -1.91. The highest BCUT2D eigenvalue weighted by Crippen LogP contribution is 2.24. The summed E-state index contributed by atoms with van der Waals surface area (Å²) in [7, 11) is 0. The molecule has 1 atom stereocenters. The van der Waals surface area contributed by atoms with Gasteiger partial charge in [0.2, 0.25) is 5.89 Å². The van der Waals surface area contributed by atoms with E-state index in [1.165, 1.54) is 6.07 Å². The van der Waals surface area contributed by atoms with Crippen molar-refractivity contribution in [3.63, 3.8) is 0 Å². The van der Waals surface area contributed by atoms with Gasteiger partial charge in [-0.25, -0.2) is 4.39 Å². The smallest absolute Gasteiger partial charge is 0.320 e. The fourth-order valence-corrected chi connectivity index (χ4v) is 1.61. The molecule has 1 heterocycles. The van der Waals surface area contributed by atoms with Gasteiger partial charge in [-0.1, -0.05) is 5.10 Å². The van der Waals surface area contributed by atoms with Gasteiger partial charge in [-0.15, -0.1) is 16.7 Å². The third kappa shape index (κ3) is 2.95. The Labute approximate surface area is 110 Å². The Morgan fingerprint density at radius 2 is 2.24 bits per heavy atom. The van der Waals surface area contributed by atoms with Crippen molar-refractivity contribution in [2.45, 2.75) is 12.3 Å². The van der Waals surface area contributed by atoms with Gasteiger partial charge in [-0.2, -0.15) is 0 Å². The van der Waals surface area contributed by atoms with Crippen LogP contribution in [-0.2, 0) is 0 Å². The first-order chi connectivity index (χ1) is 8.06. The molecule has 0 saturated heterocycles. The Balaban J connectivity index is 2.16. The first kappa shape index (κ1) is 12.3. The van der Waals surface area contributed by atoms with Crippen LogP contribution in [0, 0.1) is 5.82 Å². The third-order valence-corrected chi connectivity index (χ3v) is 2.75. The summed E-state index contributed by atoms with van der Waals surface area (Å²) in [6, 6.07) is 4.68. The third-order valence-electron chi connectivity index (χ3n) is 1.95. The summed E-state index contributed by atoms with van der Waals surface area (Å²) in [5.41, 5.74) is 0.635. The van der Waals surface area contributed by atoms with Gasteiger partial charge in [-0.05, 0) is 41.1 Å². The molecule has 2 aromatic rings. The van der Waals surface area contributed by atoms with Gasteiger partial charge < -0.3 is 9.73 Å². The lowest BCUT2D eigenvalue weighted by molar-refractivity contribution is 0.510. The highest BCUT2D eigenvalue weighted by Gasteiger charge is 2.11. The van der Waals surface area contributed by atoms with Gasteiger partial charge in [0.05, 0.1) is 4.47 Å². The summed E-state index contributed by atoms with van der Waals surface area (Å²) >= 11 is 8.87. The van der Waals surface area contributed by atoms with E-state index in [-0.39, 0.29) is 17.2 Å². The molecule has 90 valence electrons. The van der Waals surface area contributed by atoms with Crippen molar-refractivity contribution >= 4 is 39.2 Å². The highest BCUT2D eigenvalue weighted by atomic mass is 79.9. The molecule has 1 aromatic heterocycles. The fourth-order valence-electron chi connectivity index (χ4n) is 1.14. The molecule has 0 aliphatic carbocycles. The van der Waals surface area contributed by atoms with Crippen LogP contribution in [0.2, 0.25) is 0 Å². The number of benzene rings is 1. The molecular weight excluding hydrogens is 312 g/mol. The van der Waals surface area contributed by atoms with Crippen molar-refractivity contribution in [1.29, 1.82) is 0 Å². The molecule has 1 aromatic carbocycles. The van der Waals surface area contributed by atoms with E-state index >= 15 is 0 Å². The highest BCUT2D eigenvalue weighted by molar-refractivity contribution is 9.10. The Bertz CT molecular complexity index is 532. The SMILES string of the molecule is CC(Cl)c1nnc(Nc2ccc(F)c(Br)c2)o1. The average Bonchev–Trinajstić information content (AvgIpc) is 2.72. The van der Waals surface area contributed by atoms with Crippen molar-refractivity contribution in [2.24, 2.45) is 0 Å². The number of halogens is 3. The lowest BCUT2D eigenvalue weighted by Gasteiger charge is -2.02. The number of hydrogen-bond donors (Lipinski definition) is 1. The Morgan fingerprint density at radius 1 is 1.47 bits per heavy atom. The summed E-state index contributed by atoms with van der Waals surface area (Å²) in [5, 5.41) is 10.0. The van der Waals surface area contributed by atoms with Crippen LogP contribution in [-0.4, -0.2) is 10.2 Å². The van der Waals surface area contributed by atoms with E-state index in [0.29, 0.717) is 16.1 Å². The Morgan fingerprint density at radius 3 is 2.82 bits per heavy atom. The number of hydrogen-bond acceptors (Lipinski definition) is 4. The molecule has 0 radical (unpaired) electrons. The first-order valence-electron chi connectivity index (χ1n) is 4.76. The molecule has 0 aliphatic rings. The van der Waals surface area contributed by atoms with Crippen molar-refractivity contribution in [2.75, 3.05) is 5.32 Å². The first-order valence-corrected chi connectivity index (χ1v) is 5.99. The zero-order chi connectivity index (χ0) is 12.4. The number of rotatable bonds is 3. The van der Waals surface area contributed by atoms with Crippen molar-refractivity contribution < 1.29 is 8.81 Å². The maximum Gasteiger partial charge on any atom is 0.320 e. The van der Waals surface area contributed by atoms with Crippen LogP contribution in [0.1, 0.15) is 18.2 Å². The zero-order valence-corrected chi connectivity index (χ0v) is 11.1. The second-order valence-electron chi connectivity index (χ2n) is 3.32. The monoisotopic (exact) mass is 319 g/mol. The van der Waals surface area contributed by atoms with Crippen molar-refractivity contribution in [3.8, 4) is 0 Å². The number of nitrogens with zero attached hydrogens (tertiary/aromatic N) is 2. The van der Waals surface area contributed by atoms with E-state index in [1.807, 2.05) is 0 Å². The molecule has 7 heteroatoms. The molecule has 2 rings (SSSR count). The summed E-state index contributed by atoms with van der Waals surface area (Å²) in [4.78, 5) is 0. The average molecular weight is 321 g/mol. The summed E-state index contributed by atoms with van der Waals surface area (Å²) in [5.74, 6) is -0.00788. The number of alkyl halides is 1. The van der Waals surface area contributed by atoms with E-state index in [4.69, 9.17) is 16.0 Å². The van der Waals surface area contributed by atoms with Crippen LogP contribution in [0.4, 0.5) is 16.1 Å². The number of anilines is 2. The molecule has 1 N–H and O–H groups in total. The maximum atomic E-state index is 13.0. The summed E-state index contributed by atoms with van der Waals surface area (Å²) < 4.78 is 18.6. The largest absolute Gasteiger partial charge is 0.406 e. The van der Waals surface area contributed by atoms with Gasteiger partial charge in [0.1, 0.15) is 11.2 Å². The van der Waals surface area contributed by atoms with Gasteiger partial charge in [0, 0.05) is 5.69 Å². The fraction of sp³-hybridized carbons (Fsp3) is 0.200. The molecule has 0 saturated carbocycles. The normalized spacial score (nSPS) is 12.5. The quantitative estimate of drug-likeness (QED) is 0.868. The Kier molecular flexibility index (Phi) is 3.63. The van der Waals surface area contributed by atoms with E-state index in [1.54, 1.807) is 19.1 Å². The van der Waals surface area contributed by atoms with E-state index < -0.39 is 0 Å². The standard InChI is InChI=1S/C10H8BrClFN3O/c1-5(12)9-15-16-10(17-9)14-6-2-3-8(13)7(11)4-6/h2-5H,1H3,(H,14,16). The predicted octanol–water partition coefficient (Wildman–Crippen LogP) is 4.01. The molecule has 0 aliphatic heterocycles. The van der Waals surface area contributed by atoms with E-state index in [2.05, 4.69) is 31.4 Å². The molecular formula is C10H8BrClFN3O. The minimum atomic E-state index is -0.349. The molecule has 1 unspecified atom stereocenters. The Hall–Kier alpha value is -1.14. The summed E-state index contributed by atoms with van der Waals surface area (Å²) in [6.45, 7) is 1.73. The van der Waals surface area contributed by atoms with Crippen LogP contribution in [0.15, 0.2) is 27.1 Å². The van der Waals surface area contributed by atoms with Gasteiger partial charge in [-0.3, -0.25) is 0 Å². The maximum absolute atomic E-state index is 13.0. The molecule has 4 nitrogen and oxygen atoms in total. The van der Waals surface area contributed by atoms with Crippen LogP contribution >= 0.6 is 27.5 Å². The zero-order valence-electron chi connectivity index (χ0n) is 8.75. The predicted molar refractivity (Wildman–Crippen MR) is 65.9 cm³/mol. The van der Waals surface area contributed by atoms with E-state index in [9.17, 15) is 4.39 Å². The molecule has 0 amide bonds. The van der Waals surface area contributed by atoms with Crippen LogP contribution < -0.4 is 5.32 Å². The second-order valence-corrected chi connectivity index (χ2v) is 4.82. The topological polar surface area (TPSA) is 51.0 Å². The lowest BCUT2D eigenvalue weighted by atomic mass is 10.3. The molecule has 0 fully saturated rings. The molecule has 17 heavy (non-hydrogen) atoms. The van der Waals surface area contributed by atoms with Crippen molar-refractivity contribution in [3.05, 3.63) is 34.4 Å². The van der Waals surface area contributed by atoms with Gasteiger partial charge in [0.15, 0.2) is 0 Å². The minimum Gasteiger partial charge on any atom is -0.406 e. The van der Waals surface area contributed by atoms with Crippen LogP contribution in [0.3, 0.4) is 0 Å². The van der Waals surface area contributed by atoms with Gasteiger partial charge in [0.25, 0.3) is 0 Å². The van der Waals surface area contributed by atoms with Gasteiger partial charge >= 0.3 is 6.01 Å². The van der Waals surface area contributed by atoms with E-state index in [0.717, 1.165) is 0 Å². The van der Waals surface area contributed by atoms with Crippen molar-refractivity contribution in [1.82, 2.24) is 10.2 Å².